The molecule has 0 fully saturated rings. The van der Waals surface area contributed by atoms with E-state index in [1.165, 1.54) is 11.5 Å². The van der Waals surface area contributed by atoms with Gasteiger partial charge in [-0.15, -0.1) is 0 Å². The van der Waals surface area contributed by atoms with Crippen molar-refractivity contribution >= 4 is 11.5 Å². The highest BCUT2D eigenvalue weighted by molar-refractivity contribution is 7.03. The summed E-state index contributed by atoms with van der Waals surface area (Å²) in [4.78, 5) is 0. The van der Waals surface area contributed by atoms with Crippen LogP contribution in [0.4, 0.5) is 0 Å². The van der Waals surface area contributed by atoms with Crippen LogP contribution in [0.5, 0.6) is 0 Å². The molecule has 3 heteroatoms. The zero-order valence-electron chi connectivity index (χ0n) is 8.09. The van der Waals surface area contributed by atoms with Crippen LogP contribution in [0.25, 0.3) is 0 Å². The molecule has 1 N–H and O–H groups in total. The summed E-state index contributed by atoms with van der Waals surface area (Å²) >= 11 is 1.51. The molecule has 0 spiro atoms. The molecule has 0 radical (unpaired) electrons. The van der Waals surface area contributed by atoms with Crippen LogP contribution in [0.15, 0.2) is 11.4 Å². The summed E-state index contributed by atoms with van der Waals surface area (Å²) in [5.41, 5.74) is 1.37. The van der Waals surface area contributed by atoms with Crippen molar-refractivity contribution < 1.29 is 0 Å². The highest BCUT2D eigenvalue weighted by atomic mass is 32.1. The molecule has 1 aromatic rings. The molecule has 1 unspecified atom stereocenters. The SMILES string of the molecule is CNC(c1ccsn1)C(C)(C)C. The smallest absolute Gasteiger partial charge is 0.0716 e. The standard InChI is InChI=1S/C9H16N2S/c1-9(2,3)8(10-4)7-5-6-12-11-7/h5-6,8,10H,1-4H3. The van der Waals surface area contributed by atoms with E-state index in [1.807, 2.05) is 12.4 Å². The van der Waals surface area contributed by atoms with Crippen LogP contribution in [0.3, 0.4) is 0 Å². The number of nitrogens with one attached hydrogen (secondary N) is 1. The fraction of sp³-hybridized carbons (Fsp3) is 0.667. The van der Waals surface area contributed by atoms with Gasteiger partial charge in [0.05, 0.1) is 11.7 Å². The molecule has 1 atom stereocenters. The second-order valence-corrected chi connectivity index (χ2v) is 4.68. The minimum Gasteiger partial charge on any atom is -0.311 e. The Morgan fingerprint density at radius 3 is 2.50 bits per heavy atom. The minimum atomic E-state index is 0.225. The first kappa shape index (κ1) is 9.68. The van der Waals surface area contributed by atoms with Gasteiger partial charge in [-0.25, -0.2) is 0 Å². The molecule has 0 bridgehead atoms. The first-order chi connectivity index (χ1) is 5.55. The first-order valence-corrected chi connectivity index (χ1v) is 4.97. The lowest BCUT2D eigenvalue weighted by Gasteiger charge is -2.28. The maximum absolute atomic E-state index is 4.33. The molecule has 0 saturated carbocycles. The molecule has 1 heterocycles. The zero-order chi connectivity index (χ0) is 9.19. The Balaban J connectivity index is 2.84. The predicted octanol–water partition coefficient (Wildman–Crippen LogP) is 2.45. The number of aromatic nitrogens is 1. The summed E-state index contributed by atoms with van der Waals surface area (Å²) in [6, 6.07) is 2.43. The summed E-state index contributed by atoms with van der Waals surface area (Å²) in [6.45, 7) is 6.65. The quantitative estimate of drug-likeness (QED) is 0.763. The number of nitrogens with zero attached hydrogens (tertiary/aromatic N) is 1. The van der Waals surface area contributed by atoms with Gasteiger partial charge in [-0.3, -0.25) is 0 Å². The van der Waals surface area contributed by atoms with Crippen molar-refractivity contribution in [1.29, 1.82) is 0 Å². The van der Waals surface area contributed by atoms with Crippen molar-refractivity contribution in [1.82, 2.24) is 9.69 Å². The monoisotopic (exact) mass is 184 g/mol. The predicted molar refractivity (Wildman–Crippen MR) is 53.4 cm³/mol. The average Bonchev–Trinajstić information content (AvgIpc) is 2.38. The lowest BCUT2D eigenvalue weighted by atomic mass is 9.85. The van der Waals surface area contributed by atoms with E-state index in [0.29, 0.717) is 6.04 Å². The molecule has 68 valence electrons. The van der Waals surface area contributed by atoms with Gasteiger partial charge in [0.15, 0.2) is 0 Å². The average molecular weight is 184 g/mol. The van der Waals surface area contributed by atoms with Gasteiger partial charge in [0.2, 0.25) is 0 Å². The highest BCUT2D eigenvalue weighted by Gasteiger charge is 2.25. The molecule has 1 aromatic heterocycles. The van der Waals surface area contributed by atoms with Gasteiger partial charge in [-0.1, -0.05) is 20.8 Å². The second kappa shape index (κ2) is 3.54. The Morgan fingerprint density at radius 1 is 1.50 bits per heavy atom. The fourth-order valence-corrected chi connectivity index (χ4v) is 1.94. The Morgan fingerprint density at radius 2 is 2.17 bits per heavy atom. The summed E-state index contributed by atoms with van der Waals surface area (Å²) in [5.74, 6) is 0. The van der Waals surface area contributed by atoms with E-state index < -0.39 is 0 Å². The molecule has 0 aromatic carbocycles. The Kier molecular flexibility index (Phi) is 2.85. The molecule has 0 aliphatic carbocycles. The Hall–Kier alpha value is -0.410. The van der Waals surface area contributed by atoms with Crippen LogP contribution >= 0.6 is 11.5 Å². The van der Waals surface area contributed by atoms with E-state index in [9.17, 15) is 0 Å². The van der Waals surface area contributed by atoms with E-state index in [0.717, 1.165) is 5.69 Å². The van der Waals surface area contributed by atoms with Crippen LogP contribution in [-0.2, 0) is 0 Å². The summed E-state index contributed by atoms with van der Waals surface area (Å²) < 4.78 is 4.33. The van der Waals surface area contributed by atoms with Crippen molar-refractivity contribution in [3.63, 3.8) is 0 Å². The number of hydrogen-bond acceptors (Lipinski definition) is 3. The lowest BCUT2D eigenvalue weighted by Crippen LogP contribution is -2.29. The van der Waals surface area contributed by atoms with Gasteiger partial charge >= 0.3 is 0 Å². The third kappa shape index (κ3) is 2.05. The van der Waals surface area contributed by atoms with Crippen molar-refractivity contribution in [2.24, 2.45) is 5.41 Å². The minimum absolute atomic E-state index is 0.225. The van der Waals surface area contributed by atoms with E-state index in [-0.39, 0.29) is 5.41 Å². The van der Waals surface area contributed by atoms with Gasteiger partial charge in [-0.05, 0) is 30.1 Å². The summed E-state index contributed by atoms with van der Waals surface area (Å²) in [6.07, 6.45) is 0. The van der Waals surface area contributed by atoms with Gasteiger partial charge in [-0.2, -0.15) is 4.37 Å². The molecule has 2 nitrogen and oxygen atoms in total. The molecule has 1 rings (SSSR count). The van der Waals surface area contributed by atoms with Gasteiger partial charge in [0, 0.05) is 5.38 Å². The number of rotatable bonds is 2. The lowest BCUT2D eigenvalue weighted by molar-refractivity contribution is 0.283. The third-order valence-corrected chi connectivity index (χ3v) is 2.48. The van der Waals surface area contributed by atoms with Crippen molar-refractivity contribution in [3.05, 3.63) is 17.1 Å². The molecule has 0 aliphatic rings. The van der Waals surface area contributed by atoms with E-state index in [4.69, 9.17) is 0 Å². The van der Waals surface area contributed by atoms with Gasteiger partial charge in [0.1, 0.15) is 0 Å². The summed E-state index contributed by atoms with van der Waals surface area (Å²) in [7, 11) is 1.98. The van der Waals surface area contributed by atoms with E-state index >= 15 is 0 Å². The van der Waals surface area contributed by atoms with E-state index in [1.54, 1.807) is 0 Å². The van der Waals surface area contributed by atoms with Crippen LogP contribution in [0.1, 0.15) is 32.5 Å². The van der Waals surface area contributed by atoms with Gasteiger partial charge < -0.3 is 5.32 Å². The molecule has 12 heavy (non-hydrogen) atoms. The van der Waals surface area contributed by atoms with Crippen LogP contribution in [0.2, 0.25) is 0 Å². The Bertz CT molecular complexity index is 223. The third-order valence-electron chi connectivity index (χ3n) is 1.91. The highest BCUT2D eigenvalue weighted by Crippen LogP contribution is 2.31. The second-order valence-electron chi connectivity index (χ2n) is 4.01. The largest absolute Gasteiger partial charge is 0.311 e. The van der Waals surface area contributed by atoms with Crippen molar-refractivity contribution in [2.45, 2.75) is 26.8 Å². The maximum Gasteiger partial charge on any atom is 0.0716 e. The molecule has 0 amide bonds. The molecule has 0 aliphatic heterocycles. The maximum atomic E-state index is 4.33. The molecule has 0 saturated heterocycles. The van der Waals surface area contributed by atoms with E-state index in [2.05, 4.69) is 36.5 Å². The normalized spacial score (nSPS) is 14.7. The fourth-order valence-electron chi connectivity index (χ4n) is 1.40. The number of hydrogen-bond donors (Lipinski definition) is 1. The molecular weight excluding hydrogens is 168 g/mol. The molecular formula is C9H16N2S. The van der Waals surface area contributed by atoms with Gasteiger partial charge in [0.25, 0.3) is 0 Å². The topological polar surface area (TPSA) is 24.9 Å². The van der Waals surface area contributed by atoms with Crippen molar-refractivity contribution in [2.75, 3.05) is 7.05 Å². The van der Waals surface area contributed by atoms with Crippen LogP contribution < -0.4 is 5.32 Å². The first-order valence-electron chi connectivity index (χ1n) is 4.13. The zero-order valence-corrected chi connectivity index (χ0v) is 8.90. The van der Waals surface area contributed by atoms with Crippen LogP contribution in [0, 0.1) is 5.41 Å². The van der Waals surface area contributed by atoms with Crippen molar-refractivity contribution in [3.8, 4) is 0 Å². The summed E-state index contributed by atoms with van der Waals surface area (Å²) in [5, 5.41) is 5.31. The van der Waals surface area contributed by atoms with Crippen LogP contribution in [-0.4, -0.2) is 11.4 Å². The Labute approximate surface area is 78.2 Å².